The van der Waals surface area contributed by atoms with Crippen molar-refractivity contribution in [2.45, 2.75) is 10.1 Å². The molecule has 0 radical (unpaired) electrons. The lowest BCUT2D eigenvalue weighted by atomic mass is 10.3. The zero-order valence-corrected chi connectivity index (χ0v) is 10.2. The number of nitro groups is 1. The SMILES string of the molecule is O=C(O)c1cc([N+](=O)[O-])cnc1Sc1ccccn1. The fourth-order valence-corrected chi connectivity index (χ4v) is 2.10. The van der Waals surface area contributed by atoms with Gasteiger partial charge in [-0.05, 0) is 23.9 Å². The number of pyridine rings is 2. The van der Waals surface area contributed by atoms with Crippen LogP contribution in [0.5, 0.6) is 0 Å². The largest absolute Gasteiger partial charge is 0.478 e. The van der Waals surface area contributed by atoms with Gasteiger partial charge in [0.15, 0.2) is 0 Å². The van der Waals surface area contributed by atoms with Crippen molar-refractivity contribution in [3.05, 3.63) is 52.3 Å². The molecule has 0 fully saturated rings. The van der Waals surface area contributed by atoms with Crippen LogP contribution in [-0.2, 0) is 0 Å². The summed E-state index contributed by atoms with van der Waals surface area (Å²) in [5.74, 6) is -1.27. The lowest BCUT2D eigenvalue weighted by Gasteiger charge is -2.03. The van der Waals surface area contributed by atoms with Gasteiger partial charge in [-0.15, -0.1) is 0 Å². The minimum atomic E-state index is -1.27. The van der Waals surface area contributed by atoms with Crippen LogP contribution in [0.4, 0.5) is 5.69 Å². The molecule has 0 spiro atoms. The van der Waals surface area contributed by atoms with Gasteiger partial charge in [-0.2, -0.15) is 0 Å². The van der Waals surface area contributed by atoms with Crippen LogP contribution in [0.2, 0.25) is 0 Å². The topological polar surface area (TPSA) is 106 Å². The molecule has 0 aliphatic rings. The number of aromatic carboxylic acids is 1. The Morgan fingerprint density at radius 3 is 2.74 bits per heavy atom. The van der Waals surface area contributed by atoms with E-state index in [1.165, 1.54) is 0 Å². The minimum Gasteiger partial charge on any atom is -0.478 e. The molecule has 0 atom stereocenters. The number of carboxylic acid groups (broad SMARTS) is 1. The molecule has 0 aliphatic heterocycles. The summed E-state index contributed by atoms with van der Waals surface area (Å²) >= 11 is 1.04. The maximum absolute atomic E-state index is 11.1. The maximum atomic E-state index is 11.1. The highest BCUT2D eigenvalue weighted by atomic mass is 32.2. The van der Waals surface area contributed by atoms with Gasteiger partial charge < -0.3 is 5.11 Å². The average Bonchev–Trinajstić information content (AvgIpc) is 2.39. The Bertz CT molecular complexity index is 633. The third-order valence-corrected chi connectivity index (χ3v) is 3.09. The fraction of sp³-hybridized carbons (Fsp3) is 0. The van der Waals surface area contributed by atoms with Crippen LogP contribution >= 0.6 is 11.8 Å². The first-order valence-corrected chi connectivity index (χ1v) is 5.86. The summed E-state index contributed by atoms with van der Waals surface area (Å²) < 4.78 is 0. The molecule has 7 nitrogen and oxygen atoms in total. The molecule has 2 aromatic rings. The summed E-state index contributed by atoms with van der Waals surface area (Å²) in [5.41, 5.74) is -0.576. The van der Waals surface area contributed by atoms with E-state index >= 15 is 0 Å². The Kier molecular flexibility index (Phi) is 3.71. The molecular weight excluding hydrogens is 270 g/mol. The highest BCUT2D eigenvalue weighted by molar-refractivity contribution is 7.99. The summed E-state index contributed by atoms with van der Waals surface area (Å²) in [4.78, 5) is 28.8. The summed E-state index contributed by atoms with van der Waals surface area (Å²) in [7, 11) is 0. The van der Waals surface area contributed by atoms with Crippen molar-refractivity contribution >= 4 is 23.4 Å². The fourth-order valence-electron chi connectivity index (χ4n) is 1.28. The van der Waals surface area contributed by atoms with Crippen molar-refractivity contribution in [2.75, 3.05) is 0 Å². The van der Waals surface area contributed by atoms with Gasteiger partial charge in [0.1, 0.15) is 16.2 Å². The van der Waals surface area contributed by atoms with Crippen LogP contribution in [0, 0.1) is 10.1 Å². The lowest BCUT2D eigenvalue weighted by molar-refractivity contribution is -0.385. The van der Waals surface area contributed by atoms with Gasteiger partial charge in [-0.3, -0.25) is 10.1 Å². The zero-order chi connectivity index (χ0) is 13.8. The summed E-state index contributed by atoms with van der Waals surface area (Å²) in [5, 5.41) is 20.4. The van der Waals surface area contributed by atoms with E-state index < -0.39 is 10.9 Å². The van der Waals surface area contributed by atoms with Gasteiger partial charge in [0.25, 0.3) is 5.69 Å². The molecule has 8 heteroatoms. The molecule has 96 valence electrons. The van der Waals surface area contributed by atoms with Crippen molar-refractivity contribution in [1.29, 1.82) is 0 Å². The van der Waals surface area contributed by atoms with E-state index in [9.17, 15) is 14.9 Å². The zero-order valence-electron chi connectivity index (χ0n) is 9.39. The Morgan fingerprint density at radius 1 is 1.37 bits per heavy atom. The number of rotatable bonds is 4. The molecule has 2 aromatic heterocycles. The van der Waals surface area contributed by atoms with Gasteiger partial charge in [-0.25, -0.2) is 14.8 Å². The van der Waals surface area contributed by atoms with Gasteiger partial charge in [-0.1, -0.05) is 6.07 Å². The van der Waals surface area contributed by atoms with E-state index in [0.29, 0.717) is 5.03 Å². The van der Waals surface area contributed by atoms with Crippen molar-refractivity contribution in [3.63, 3.8) is 0 Å². The van der Waals surface area contributed by atoms with E-state index in [0.717, 1.165) is 24.0 Å². The lowest BCUT2D eigenvalue weighted by Crippen LogP contribution is -2.02. The van der Waals surface area contributed by atoms with Crippen molar-refractivity contribution in [1.82, 2.24) is 9.97 Å². The van der Waals surface area contributed by atoms with Crippen molar-refractivity contribution in [2.24, 2.45) is 0 Å². The van der Waals surface area contributed by atoms with Gasteiger partial charge in [0.05, 0.1) is 10.5 Å². The first-order valence-electron chi connectivity index (χ1n) is 5.04. The number of aromatic nitrogens is 2. The van der Waals surface area contributed by atoms with Crippen molar-refractivity contribution in [3.8, 4) is 0 Å². The second-order valence-electron chi connectivity index (χ2n) is 3.38. The Balaban J connectivity index is 2.40. The van der Waals surface area contributed by atoms with Crippen LogP contribution in [-0.4, -0.2) is 26.0 Å². The highest BCUT2D eigenvalue weighted by Crippen LogP contribution is 2.28. The van der Waals surface area contributed by atoms with E-state index in [-0.39, 0.29) is 16.3 Å². The third-order valence-electron chi connectivity index (χ3n) is 2.12. The predicted octanol–water partition coefficient (Wildman–Crippen LogP) is 2.23. The van der Waals surface area contributed by atoms with E-state index in [2.05, 4.69) is 9.97 Å². The molecule has 0 aliphatic carbocycles. The summed E-state index contributed by atoms with van der Waals surface area (Å²) in [6.45, 7) is 0. The van der Waals surface area contributed by atoms with Gasteiger partial charge >= 0.3 is 5.97 Å². The van der Waals surface area contributed by atoms with Crippen molar-refractivity contribution < 1.29 is 14.8 Å². The van der Waals surface area contributed by atoms with E-state index in [1.54, 1.807) is 24.4 Å². The standard InChI is InChI=1S/C11H7N3O4S/c15-11(16)8-5-7(14(17)18)6-13-10(8)19-9-3-1-2-4-12-9/h1-6H,(H,15,16). The average molecular weight is 277 g/mol. The first kappa shape index (κ1) is 13.0. The predicted molar refractivity (Wildman–Crippen MR) is 66.2 cm³/mol. The number of nitrogens with zero attached hydrogens (tertiary/aromatic N) is 3. The molecule has 2 heterocycles. The molecule has 0 saturated heterocycles. The van der Waals surface area contributed by atoms with E-state index in [4.69, 9.17) is 5.11 Å². The molecule has 0 amide bonds. The molecule has 0 aromatic carbocycles. The molecule has 0 bridgehead atoms. The van der Waals surface area contributed by atoms with Gasteiger partial charge in [0, 0.05) is 12.3 Å². The van der Waals surface area contributed by atoms with E-state index in [1.807, 2.05) is 0 Å². The third kappa shape index (κ3) is 3.05. The monoisotopic (exact) mass is 277 g/mol. The van der Waals surface area contributed by atoms with Gasteiger partial charge in [0.2, 0.25) is 0 Å². The molecule has 0 saturated carbocycles. The Labute approximate surface area is 111 Å². The van der Waals surface area contributed by atoms with Crippen LogP contribution in [0.3, 0.4) is 0 Å². The second kappa shape index (κ2) is 5.44. The smallest absolute Gasteiger partial charge is 0.338 e. The normalized spacial score (nSPS) is 10.1. The van der Waals surface area contributed by atoms with Crippen LogP contribution in [0.15, 0.2) is 46.7 Å². The number of carbonyl (C=O) groups is 1. The molecule has 2 rings (SSSR count). The second-order valence-corrected chi connectivity index (χ2v) is 4.39. The number of carboxylic acids is 1. The molecule has 0 unspecified atom stereocenters. The highest BCUT2D eigenvalue weighted by Gasteiger charge is 2.18. The summed E-state index contributed by atoms with van der Waals surface area (Å²) in [6, 6.07) is 6.16. The van der Waals surface area contributed by atoms with Crippen LogP contribution in [0.1, 0.15) is 10.4 Å². The van der Waals surface area contributed by atoms with Crippen LogP contribution < -0.4 is 0 Å². The van der Waals surface area contributed by atoms with Crippen LogP contribution in [0.25, 0.3) is 0 Å². The quantitative estimate of drug-likeness (QED) is 0.674. The maximum Gasteiger partial charge on any atom is 0.338 e. The molecule has 1 N–H and O–H groups in total. The molecule has 19 heavy (non-hydrogen) atoms. The molecular formula is C11H7N3O4S. The number of hydrogen-bond donors (Lipinski definition) is 1. The number of hydrogen-bond acceptors (Lipinski definition) is 6. The first-order chi connectivity index (χ1) is 9.08. The summed E-state index contributed by atoms with van der Waals surface area (Å²) in [6.07, 6.45) is 2.59. The Morgan fingerprint density at radius 2 is 2.16 bits per heavy atom. The Hall–Kier alpha value is -2.48. The minimum absolute atomic E-state index is 0.164.